The lowest BCUT2D eigenvalue weighted by Crippen LogP contribution is -2.33. The Hall–Kier alpha value is -1.62. The van der Waals surface area contributed by atoms with Crippen LogP contribution in [0, 0.1) is 5.92 Å². The van der Waals surface area contributed by atoms with E-state index >= 15 is 0 Å². The molecule has 0 spiro atoms. The molecule has 1 aliphatic heterocycles. The van der Waals surface area contributed by atoms with Gasteiger partial charge in [-0.05, 0) is 17.9 Å². The third-order valence-corrected chi connectivity index (χ3v) is 3.55. The lowest BCUT2D eigenvalue weighted by Gasteiger charge is -2.21. The van der Waals surface area contributed by atoms with E-state index in [1.165, 1.54) is 18.9 Å². The van der Waals surface area contributed by atoms with E-state index in [9.17, 15) is 9.59 Å². The van der Waals surface area contributed by atoms with Crippen molar-refractivity contribution in [2.75, 3.05) is 12.9 Å². The number of para-hydroxylation sites is 1. The molecule has 1 aliphatic rings. The van der Waals surface area contributed by atoms with E-state index in [2.05, 4.69) is 4.99 Å². The Morgan fingerprint density at radius 3 is 2.83 bits per heavy atom. The van der Waals surface area contributed by atoms with Crippen molar-refractivity contribution in [2.45, 2.75) is 6.92 Å². The second-order valence-electron chi connectivity index (χ2n) is 3.72. The number of nitrogens with zero attached hydrogens (tertiary/aromatic N) is 1. The van der Waals surface area contributed by atoms with Gasteiger partial charge in [-0.1, -0.05) is 19.1 Å². The Morgan fingerprint density at radius 2 is 2.17 bits per heavy atom. The maximum Gasteiger partial charge on any atom is 0.323 e. The Morgan fingerprint density at radius 1 is 1.44 bits per heavy atom. The number of ketones is 1. The first-order valence-electron chi connectivity index (χ1n) is 5.61. The number of carbonyl (C=O) groups is 2. The predicted octanol–water partition coefficient (Wildman–Crippen LogP) is 2.46. The molecule has 0 saturated heterocycles. The molecular formula is C13H13NO3S. The average molecular weight is 263 g/mol. The van der Waals surface area contributed by atoms with Crippen LogP contribution in [0.4, 0.5) is 5.69 Å². The monoisotopic (exact) mass is 263 g/mol. The van der Waals surface area contributed by atoms with Gasteiger partial charge in [0.15, 0.2) is 11.7 Å². The number of Topliss-reactive ketones (excluding diaryl/α,β-unsaturated/α-hetero) is 1. The smallest absolute Gasteiger partial charge is 0.323 e. The summed E-state index contributed by atoms with van der Waals surface area (Å²) in [6, 6.07) is 7.04. The number of benzene rings is 1. The normalized spacial score (nSPS) is 18.0. The fourth-order valence-electron chi connectivity index (χ4n) is 1.82. The standard InChI is InChI=1S/C13H13NO3S/c1-3-18-12-10(13(16)17-2)11(15)8-6-4-5-7-9(8)14-12/h4-7,10H,3H2,1-2H3. The molecule has 0 amide bonds. The number of fused-ring (bicyclic) bond motifs is 1. The molecule has 2 rings (SSSR count). The van der Waals surface area contributed by atoms with Crippen LogP contribution in [-0.4, -0.2) is 29.7 Å². The predicted molar refractivity (Wildman–Crippen MR) is 71.5 cm³/mol. The molecule has 1 aromatic rings. The van der Waals surface area contributed by atoms with Gasteiger partial charge in [0, 0.05) is 5.56 Å². The Kier molecular flexibility index (Phi) is 3.81. The summed E-state index contributed by atoms with van der Waals surface area (Å²) in [5.41, 5.74) is 1.10. The summed E-state index contributed by atoms with van der Waals surface area (Å²) in [6.45, 7) is 1.95. The highest BCUT2D eigenvalue weighted by Gasteiger charge is 2.37. The van der Waals surface area contributed by atoms with Crippen LogP contribution >= 0.6 is 11.8 Å². The highest BCUT2D eigenvalue weighted by Crippen LogP contribution is 2.32. The van der Waals surface area contributed by atoms with Crippen molar-refractivity contribution in [3.8, 4) is 0 Å². The first-order chi connectivity index (χ1) is 8.69. The van der Waals surface area contributed by atoms with Crippen LogP contribution in [0.1, 0.15) is 17.3 Å². The summed E-state index contributed by atoms with van der Waals surface area (Å²) in [5.74, 6) is -0.936. The lowest BCUT2D eigenvalue weighted by atomic mass is 9.94. The van der Waals surface area contributed by atoms with Crippen molar-refractivity contribution >= 4 is 34.2 Å². The third kappa shape index (κ3) is 2.18. The molecule has 18 heavy (non-hydrogen) atoms. The van der Waals surface area contributed by atoms with E-state index in [4.69, 9.17) is 4.74 Å². The zero-order valence-corrected chi connectivity index (χ0v) is 11.0. The molecule has 0 N–H and O–H groups in total. The van der Waals surface area contributed by atoms with Gasteiger partial charge >= 0.3 is 5.97 Å². The highest BCUT2D eigenvalue weighted by molar-refractivity contribution is 8.14. The fraction of sp³-hybridized carbons (Fsp3) is 0.308. The number of ether oxygens (including phenoxy) is 1. The van der Waals surface area contributed by atoms with Crippen molar-refractivity contribution in [1.29, 1.82) is 0 Å². The first-order valence-corrected chi connectivity index (χ1v) is 6.60. The van der Waals surface area contributed by atoms with Crippen LogP contribution in [0.15, 0.2) is 29.3 Å². The number of thioether (sulfide) groups is 1. The Bertz CT molecular complexity index is 525. The molecule has 0 fully saturated rings. The summed E-state index contributed by atoms with van der Waals surface area (Å²) in [6.07, 6.45) is 0. The second-order valence-corrected chi connectivity index (χ2v) is 5.00. The molecular weight excluding hydrogens is 250 g/mol. The minimum absolute atomic E-state index is 0.233. The molecule has 0 bridgehead atoms. The second kappa shape index (κ2) is 5.35. The van der Waals surface area contributed by atoms with E-state index in [-0.39, 0.29) is 5.78 Å². The Balaban J connectivity index is 2.50. The summed E-state index contributed by atoms with van der Waals surface area (Å²) < 4.78 is 4.70. The van der Waals surface area contributed by atoms with Crippen molar-refractivity contribution in [1.82, 2.24) is 0 Å². The lowest BCUT2D eigenvalue weighted by molar-refractivity contribution is -0.141. The van der Waals surface area contributed by atoms with Gasteiger partial charge in [0.25, 0.3) is 0 Å². The van der Waals surface area contributed by atoms with E-state index in [1.54, 1.807) is 18.2 Å². The SMILES string of the molecule is CCSC1=Nc2ccccc2C(=O)C1C(=O)OC. The minimum Gasteiger partial charge on any atom is -0.468 e. The summed E-state index contributed by atoms with van der Waals surface area (Å²) in [4.78, 5) is 28.4. The number of aliphatic imine (C=N–C) groups is 1. The van der Waals surface area contributed by atoms with Gasteiger partial charge in [0.1, 0.15) is 0 Å². The molecule has 0 aliphatic carbocycles. The maximum absolute atomic E-state index is 12.3. The number of hydrogen-bond acceptors (Lipinski definition) is 5. The topological polar surface area (TPSA) is 55.7 Å². The largest absolute Gasteiger partial charge is 0.468 e. The molecule has 4 nitrogen and oxygen atoms in total. The van der Waals surface area contributed by atoms with E-state index in [0.717, 1.165) is 5.75 Å². The quantitative estimate of drug-likeness (QED) is 0.607. The summed E-state index contributed by atoms with van der Waals surface area (Å²) in [7, 11) is 1.28. The van der Waals surface area contributed by atoms with Gasteiger partial charge in [-0.3, -0.25) is 9.59 Å². The number of rotatable bonds is 2. The zero-order valence-electron chi connectivity index (χ0n) is 10.2. The number of hydrogen-bond donors (Lipinski definition) is 0. The molecule has 1 atom stereocenters. The van der Waals surface area contributed by atoms with E-state index in [0.29, 0.717) is 16.3 Å². The van der Waals surface area contributed by atoms with E-state index < -0.39 is 11.9 Å². The van der Waals surface area contributed by atoms with Gasteiger partial charge < -0.3 is 4.74 Å². The average Bonchev–Trinajstić information content (AvgIpc) is 2.39. The number of carbonyl (C=O) groups excluding carboxylic acids is 2. The molecule has 0 saturated carbocycles. The van der Waals surface area contributed by atoms with Crippen LogP contribution in [0.25, 0.3) is 0 Å². The molecule has 5 heteroatoms. The van der Waals surface area contributed by atoms with Crippen LogP contribution in [0.5, 0.6) is 0 Å². The van der Waals surface area contributed by atoms with Gasteiger partial charge in [-0.15, -0.1) is 11.8 Å². The third-order valence-electron chi connectivity index (χ3n) is 2.64. The molecule has 0 aromatic heterocycles. The van der Waals surface area contributed by atoms with E-state index in [1.807, 2.05) is 13.0 Å². The van der Waals surface area contributed by atoms with Gasteiger partial charge in [0.05, 0.1) is 17.8 Å². The minimum atomic E-state index is -0.908. The van der Waals surface area contributed by atoms with Crippen molar-refractivity contribution < 1.29 is 14.3 Å². The highest BCUT2D eigenvalue weighted by atomic mass is 32.2. The van der Waals surface area contributed by atoms with Crippen molar-refractivity contribution in [2.24, 2.45) is 10.9 Å². The van der Waals surface area contributed by atoms with Gasteiger partial charge in [-0.2, -0.15) is 0 Å². The molecule has 1 unspecified atom stereocenters. The van der Waals surface area contributed by atoms with Crippen LogP contribution in [0.3, 0.4) is 0 Å². The molecule has 94 valence electrons. The van der Waals surface area contributed by atoms with Crippen LogP contribution < -0.4 is 0 Å². The van der Waals surface area contributed by atoms with Crippen molar-refractivity contribution in [3.05, 3.63) is 29.8 Å². The Labute approximate surface area is 109 Å². The van der Waals surface area contributed by atoms with Gasteiger partial charge in [-0.25, -0.2) is 4.99 Å². The maximum atomic E-state index is 12.3. The van der Waals surface area contributed by atoms with Crippen LogP contribution in [0.2, 0.25) is 0 Å². The summed E-state index contributed by atoms with van der Waals surface area (Å²) >= 11 is 1.40. The molecule has 0 radical (unpaired) electrons. The number of methoxy groups -OCH3 is 1. The fourth-order valence-corrected chi connectivity index (χ4v) is 2.65. The number of esters is 1. The molecule has 1 heterocycles. The molecule has 1 aromatic carbocycles. The van der Waals surface area contributed by atoms with Crippen molar-refractivity contribution in [3.63, 3.8) is 0 Å². The van der Waals surface area contributed by atoms with Gasteiger partial charge in [0.2, 0.25) is 0 Å². The summed E-state index contributed by atoms with van der Waals surface area (Å²) in [5, 5.41) is 0.521. The zero-order chi connectivity index (χ0) is 13.1. The first kappa shape index (κ1) is 12.8. The van der Waals surface area contributed by atoms with Crippen LogP contribution in [-0.2, 0) is 9.53 Å².